The second-order valence-electron chi connectivity index (χ2n) is 4.91. The monoisotopic (exact) mass is 236 g/mol. The van der Waals surface area contributed by atoms with E-state index in [1.807, 2.05) is 24.3 Å². The third-order valence-corrected chi connectivity index (χ3v) is 3.74. The summed E-state index contributed by atoms with van der Waals surface area (Å²) in [4.78, 5) is 12.2. The second kappa shape index (κ2) is 4.77. The highest BCUT2D eigenvalue weighted by atomic mass is 16.1. The molecule has 90 valence electrons. The molecular weight excluding hydrogens is 220 g/mol. The summed E-state index contributed by atoms with van der Waals surface area (Å²) >= 11 is 0. The van der Waals surface area contributed by atoms with Gasteiger partial charge in [-0.3, -0.25) is 4.79 Å². The number of ketones is 1. The fourth-order valence-electron chi connectivity index (χ4n) is 2.78. The van der Waals surface area contributed by atoms with Crippen molar-refractivity contribution in [2.75, 3.05) is 0 Å². The van der Waals surface area contributed by atoms with Crippen LogP contribution in [0.25, 0.3) is 0 Å². The molecule has 0 bridgehead atoms. The number of aryl methyl sites for hydroxylation is 1. The smallest absolute Gasteiger partial charge is 0.141 e. The lowest BCUT2D eigenvalue weighted by molar-refractivity contribution is -0.120. The molecule has 0 saturated heterocycles. The van der Waals surface area contributed by atoms with Crippen LogP contribution < -0.4 is 0 Å². The van der Waals surface area contributed by atoms with Gasteiger partial charge in [0.1, 0.15) is 5.78 Å². The largest absolute Gasteiger partial charge is 0.299 e. The number of carbonyl (C=O) groups excluding carboxylic acids is 1. The van der Waals surface area contributed by atoms with E-state index in [9.17, 15) is 4.79 Å². The number of fused-ring (bicyclic) bond motifs is 1. The maximum absolute atomic E-state index is 12.2. The standard InChI is InChI=1S/C17H16O/c18-17-11-10-14-8-4-5-9-15(14)16(17)12-13-6-2-1-3-7-13/h1-9,16H,10-12H2. The maximum atomic E-state index is 12.2. The average Bonchev–Trinajstić information content (AvgIpc) is 2.43. The van der Waals surface area contributed by atoms with Crippen molar-refractivity contribution in [3.05, 3.63) is 71.3 Å². The number of benzene rings is 2. The minimum absolute atomic E-state index is 0.0531. The molecule has 0 heterocycles. The Morgan fingerprint density at radius 2 is 1.61 bits per heavy atom. The Labute approximate surface area is 107 Å². The molecule has 3 rings (SSSR count). The van der Waals surface area contributed by atoms with Crippen LogP contribution in [0.15, 0.2) is 54.6 Å². The van der Waals surface area contributed by atoms with E-state index in [4.69, 9.17) is 0 Å². The van der Waals surface area contributed by atoms with E-state index >= 15 is 0 Å². The number of hydrogen-bond donors (Lipinski definition) is 0. The van der Waals surface area contributed by atoms with Crippen LogP contribution in [-0.2, 0) is 17.6 Å². The zero-order valence-electron chi connectivity index (χ0n) is 10.3. The van der Waals surface area contributed by atoms with Crippen molar-refractivity contribution in [2.24, 2.45) is 0 Å². The first-order chi connectivity index (χ1) is 8.84. The van der Waals surface area contributed by atoms with E-state index in [0.717, 1.165) is 12.8 Å². The molecule has 2 aromatic carbocycles. The molecule has 1 aliphatic carbocycles. The summed E-state index contributed by atoms with van der Waals surface area (Å²) < 4.78 is 0. The van der Waals surface area contributed by atoms with Gasteiger partial charge in [0.25, 0.3) is 0 Å². The molecule has 0 N–H and O–H groups in total. The van der Waals surface area contributed by atoms with Crippen LogP contribution in [0.3, 0.4) is 0 Å². The summed E-state index contributed by atoms with van der Waals surface area (Å²) in [6, 6.07) is 18.7. The van der Waals surface area contributed by atoms with E-state index < -0.39 is 0 Å². The summed E-state index contributed by atoms with van der Waals surface area (Å²) in [5.41, 5.74) is 3.82. The van der Waals surface area contributed by atoms with Crippen molar-refractivity contribution in [1.82, 2.24) is 0 Å². The first-order valence-electron chi connectivity index (χ1n) is 6.49. The van der Waals surface area contributed by atoms with Crippen molar-refractivity contribution in [2.45, 2.75) is 25.2 Å². The van der Waals surface area contributed by atoms with Crippen LogP contribution in [0.2, 0.25) is 0 Å². The molecule has 0 fully saturated rings. The average molecular weight is 236 g/mol. The summed E-state index contributed by atoms with van der Waals surface area (Å²) in [6.07, 6.45) is 2.42. The van der Waals surface area contributed by atoms with Crippen LogP contribution in [-0.4, -0.2) is 5.78 Å². The number of hydrogen-bond acceptors (Lipinski definition) is 1. The lowest BCUT2D eigenvalue weighted by Gasteiger charge is -2.24. The van der Waals surface area contributed by atoms with Crippen LogP contribution >= 0.6 is 0 Å². The SMILES string of the molecule is O=C1CCc2ccccc2C1Cc1ccccc1. The Morgan fingerprint density at radius 1 is 0.889 bits per heavy atom. The van der Waals surface area contributed by atoms with Crippen LogP contribution in [0.1, 0.15) is 29.0 Å². The zero-order chi connectivity index (χ0) is 12.4. The van der Waals surface area contributed by atoms with E-state index in [1.165, 1.54) is 16.7 Å². The van der Waals surface area contributed by atoms with Gasteiger partial charge in [0.15, 0.2) is 0 Å². The molecule has 1 heteroatoms. The summed E-state index contributed by atoms with van der Waals surface area (Å²) in [7, 11) is 0. The normalized spacial score (nSPS) is 18.4. The van der Waals surface area contributed by atoms with Gasteiger partial charge in [0.05, 0.1) is 0 Å². The van der Waals surface area contributed by atoms with Crippen molar-refractivity contribution < 1.29 is 4.79 Å². The van der Waals surface area contributed by atoms with Crippen LogP contribution in [0.5, 0.6) is 0 Å². The van der Waals surface area contributed by atoms with E-state index in [-0.39, 0.29) is 5.92 Å². The summed E-state index contributed by atoms with van der Waals surface area (Å²) in [5, 5.41) is 0. The molecule has 0 aromatic heterocycles. The topological polar surface area (TPSA) is 17.1 Å². The Hall–Kier alpha value is -1.89. The minimum Gasteiger partial charge on any atom is -0.299 e. The highest BCUT2D eigenvalue weighted by molar-refractivity contribution is 5.88. The predicted octanol–water partition coefficient (Wildman–Crippen LogP) is 3.53. The molecule has 1 atom stereocenters. The predicted molar refractivity (Wildman–Crippen MR) is 72.7 cm³/mol. The Bertz CT molecular complexity index is 557. The van der Waals surface area contributed by atoms with Crippen molar-refractivity contribution in [3.8, 4) is 0 Å². The molecule has 1 unspecified atom stereocenters. The van der Waals surface area contributed by atoms with Crippen molar-refractivity contribution >= 4 is 5.78 Å². The molecule has 0 amide bonds. The Morgan fingerprint density at radius 3 is 2.44 bits per heavy atom. The lowest BCUT2D eigenvalue weighted by Crippen LogP contribution is -2.22. The van der Waals surface area contributed by atoms with Gasteiger partial charge in [-0.15, -0.1) is 0 Å². The van der Waals surface area contributed by atoms with Gasteiger partial charge in [0, 0.05) is 12.3 Å². The first kappa shape index (κ1) is 11.2. The molecule has 0 saturated carbocycles. The molecular formula is C17H16O. The van der Waals surface area contributed by atoms with Gasteiger partial charge >= 0.3 is 0 Å². The maximum Gasteiger partial charge on any atom is 0.141 e. The lowest BCUT2D eigenvalue weighted by atomic mass is 9.79. The molecule has 1 nitrogen and oxygen atoms in total. The number of carbonyl (C=O) groups is 1. The molecule has 0 spiro atoms. The van der Waals surface area contributed by atoms with Gasteiger partial charge < -0.3 is 0 Å². The number of Topliss-reactive ketones (excluding diaryl/α,β-unsaturated/α-hetero) is 1. The third-order valence-electron chi connectivity index (χ3n) is 3.74. The highest BCUT2D eigenvalue weighted by Gasteiger charge is 2.27. The highest BCUT2D eigenvalue weighted by Crippen LogP contribution is 2.31. The quantitative estimate of drug-likeness (QED) is 0.779. The van der Waals surface area contributed by atoms with Gasteiger partial charge in [0.2, 0.25) is 0 Å². The van der Waals surface area contributed by atoms with E-state index in [2.05, 4.69) is 30.3 Å². The summed E-state index contributed by atoms with van der Waals surface area (Å²) in [6.45, 7) is 0. The first-order valence-corrected chi connectivity index (χ1v) is 6.49. The molecule has 18 heavy (non-hydrogen) atoms. The number of rotatable bonds is 2. The molecule has 1 aliphatic rings. The van der Waals surface area contributed by atoms with Gasteiger partial charge in [-0.05, 0) is 29.5 Å². The fraction of sp³-hybridized carbons (Fsp3) is 0.235. The summed E-state index contributed by atoms with van der Waals surface area (Å²) in [5.74, 6) is 0.440. The molecule has 0 aliphatic heterocycles. The third kappa shape index (κ3) is 2.08. The van der Waals surface area contributed by atoms with Gasteiger partial charge in [-0.1, -0.05) is 54.6 Å². The van der Waals surface area contributed by atoms with Crippen LogP contribution in [0, 0.1) is 0 Å². The Kier molecular flexibility index (Phi) is 2.97. The minimum atomic E-state index is 0.0531. The fourth-order valence-corrected chi connectivity index (χ4v) is 2.78. The zero-order valence-corrected chi connectivity index (χ0v) is 10.3. The van der Waals surface area contributed by atoms with Crippen molar-refractivity contribution in [1.29, 1.82) is 0 Å². The second-order valence-corrected chi connectivity index (χ2v) is 4.91. The molecule has 0 radical (unpaired) electrons. The van der Waals surface area contributed by atoms with Gasteiger partial charge in [-0.25, -0.2) is 0 Å². The van der Waals surface area contributed by atoms with Gasteiger partial charge in [-0.2, -0.15) is 0 Å². The van der Waals surface area contributed by atoms with Crippen molar-refractivity contribution in [3.63, 3.8) is 0 Å². The van der Waals surface area contributed by atoms with Crippen LogP contribution in [0.4, 0.5) is 0 Å². The van der Waals surface area contributed by atoms with E-state index in [1.54, 1.807) is 0 Å². The van der Waals surface area contributed by atoms with E-state index in [0.29, 0.717) is 12.2 Å². The Balaban J connectivity index is 1.94. The molecule has 2 aromatic rings.